The fourth-order valence-electron chi connectivity index (χ4n) is 2.89. The second-order valence-corrected chi connectivity index (χ2v) is 9.06. The van der Waals surface area contributed by atoms with Gasteiger partial charge < -0.3 is 5.32 Å². The van der Waals surface area contributed by atoms with Crippen molar-refractivity contribution in [3.05, 3.63) is 0 Å². The van der Waals surface area contributed by atoms with Crippen molar-refractivity contribution in [1.29, 1.82) is 0 Å². The molecule has 3 fully saturated rings. The fraction of sp³-hybridized carbons (Fsp3) is 1.00. The Morgan fingerprint density at radius 2 is 1.80 bits per heavy atom. The molecule has 1 saturated carbocycles. The van der Waals surface area contributed by atoms with Gasteiger partial charge in [-0.25, -0.2) is 0 Å². The predicted octanol–water partition coefficient (Wildman–Crippen LogP) is 0.790. The highest BCUT2D eigenvalue weighted by Gasteiger charge is 2.31. The summed E-state index contributed by atoms with van der Waals surface area (Å²) in [6, 6.07) is 0.887. The number of thioether (sulfide) groups is 1. The van der Waals surface area contributed by atoms with E-state index < -0.39 is 10.2 Å². The van der Waals surface area contributed by atoms with Crippen LogP contribution in [0.5, 0.6) is 0 Å². The number of nitrogens with one attached hydrogen (secondary N) is 2. The Labute approximate surface area is 126 Å². The highest BCUT2D eigenvalue weighted by Crippen LogP contribution is 2.23. The molecule has 5 nitrogen and oxygen atoms in total. The SMILES string of the molecule is O=S(=O)(NC1CCSC1)N1CCC(CNC2CC2)CC1. The van der Waals surface area contributed by atoms with Gasteiger partial charge >= 0.3 is 0 Å². The highest BCUT2D eigenvalue weighted by molar-refractivity contribution is 7.99. The van der Waals surface area contributed by atoms with Crippen molar-refractivity contribution in [2.45, 2.75) is 44.2 Å². The Balaban J connectivity index is 1.43. The van der Waals surface area contributed by atoms with Crippen LogP contribution in [0.3, 0.4) is 0 Å². The summed E-state index contributed by atoms with van der Waals surface area (Å²) < 4.78 is 29.1. The second-order valence-electron chi connectivity index (χ2n) is 6.21. The van der Waals surface area contributed by atoms with E-state index in [-0.39, 0.29) is 6.04 Å². The second kappa shape index (κ2) is 6.52. The molecule has 2 saturated heterocycles. The Morgan fingerprint density at radius 1 is 1.05 bits per heavy atom. The largest absolute Gasteiger partial charge is 0.314 e. The normalized spacial score (nSPS) is 29.9. The zero-order chi connectivity index (χ0) is 14.0. The molecule has 3 aliphatic rings. The smallest absolute Gasteiger partial charge is 0.279 e. The van der Waals surface area contributed by atoms with Crippen molar-refractivity contribution < 1.29 is 8.42 Å². The molecule has 0 aromatic heterocycles. The number of rotatable bonds is 6. The first-order valence-electron chi connectivity index (χ1n) is 7.72. The van der Waals surface area contributed by atoms with Crippen molar-refractivity contribution in [3.8, 4) is 0 Å². The fourth-order valence-corrected chi connectivity index (χ4v) is 5.61. The lowest BCUT2D eigenvalue weighted by Crippen LogP contribution is -2.49. The summed E-state index contributed by atoms with van der Waals surface area (Å²) in [7, 11) is -3.26. The summed E-state index contributed by atoms with van der Waals surface area (Å²) in [6.07, 6.45) is 5.57. The van der Waals surface area contributed by atoms with Gasteiger partial charge in [0, 0.05) is 30.9 Å². The molecular weight excluding hydrogens is 294 g/mol. The van der Waals surface area contributed by atoms with Gasteiger partial charge in [0.05, 0.1) is 0 Å². The maximum atomic E-state index is 12.3. The van der Waals surface area contributed by atoms with E-state index in [1.54, 1.807) is 4.31 Å². The Bertz CT molecular complexity index is 411. The predicted molar refractivity (Wildman–Crippen MR) is 83.1 cm³/mol. The summed E-state index contributed by atoms with van der Waals surface area (Å²) in [6.45, 7) is 2.41. The van der Waals surface area contributed by atoms with E-state index >= 15 is 0 Å². The molecule has 0 aromatic carbocycles. The van der Waals surface area contributed by atoms with Crippen LogP contribution < -0.4 is 10.0 Å². The molecule has 1 aliphatic carbocycles. The van der Waals surface area contributed by atoms with Crippen molar-refractivity contribution in [2.75, 3.05) is 31.1 Å². The Kier molecular flexibility index (Phi) is 4.92. The van der Waals surface area contributed by atoms with Crippen molar-refractivity contribution >= 4 is 22.0 Å². The van der Waals surface area contributed by atoms with Crippen LogP contribution in [0.1, 0.15) is 32.1 Å². The first kappa shape index (κ1) is 15.1. The zero-order valence-corrected chi connectivity index (χ0v) is 13.5. The minimum absolute atomic E-state index is 0.138. The summed E-state index contributed by atoms with van der Waals surface area (Å²) in [5, 5.41) is 3.55. The summed E-state index contributed by atoms with van der Waals surface area (Å²) in [5.74, 6) is 2.63. The molecule has 0 amide bonds. The molecule has 2 heterocycles. The number of hydrogen-bond acceptors (Lipinski definition) is 4. The van der Waals surface area contributed by atoms with Crippen molar-refractivity contribution in [3.63, 3.8) is 0 Å². The molecule has 0 aromatic rings. The van der Waals surface area contributed by atoms with Gasteiger partial charge in [0.25, 0.3) is 10.2 Å². The van der Waals surface area contributed by atoms with Crippen LogP contribution in [-0.4, -0.2) is 55.9 Å². The van der Waals surface area contributed by atoms with Gasteiger partial charge in [0.2, 0.25) is 0 Å². The van der Waals surface area contributed by atoms with Crippen molar-refractivity contribution in [1.82, 2.24) is 14.3 Å². The van der Waals surface area contributed by atoms with E-state index in [1.807, 2.05) is 11.8 Å². The highest BCUT2D eigenvalue weighted by atomic mass is 32.2. The van der Waals surface area contributed by atoms with E-state index in [9.17, 15) is 8.42 Å². The van der Waals surface area contributed by atoms with E-state index in [2.05, 4.69) is 10.0 Å². The van der Waals surface area contributed by atoms with Gasteiger partial charge in [0.1, 0.15) is 0 Å². The van der Waals surface area contributed by atoms with E-state index in [0.29, 0.717) is 19.0 Å². The first-order valence-corrected chi connectivity index (χ1v) is 10.3. The molecule has 116 valence electrons. The summed E-state index contributed by atoms with van der Waals surface area (Å²) >= 11 is 1.83. The molecule has 1 unspecified atom stereocenters. The number of nitrogens with zero attached hydrogens (tertiary/aromatic N) is 1. The molecule has 7 heteroatoms. The lowest BCUT2D eigenvalue weighted by Gasteiger charge is -2.32. The van der Waals surface area contributed by atoms with Crippen LogP contribution in [0.25, 0.3) is 0 Å². The molecule has 2 N–H and O–H groups in total. The van der Waals surface area contributed by atoms with E-state index in [4.69, 9.17) is 0 Å². The molecule has 0 radical (unpaired) electrons. The van der Waals surface area contributed by atoms with Gasteiger partial charge in [-0.05, 0) is 50.3 Å². The summed E-state index contributed by atoms with van der Waals surface area (Å²) in [5.41, 5.74) is 0. The van der Waals surface area contributed by atoms with Crippen LogP contribution in [0.2, 0.25) is 0 Å². The summed E-state index contributed by atoms with van der Waals surface area (Å²) in [4.78, 5) is 0. The van der Waals surface area contributed by atoms with Gasteiger partial charge in [-0.2, -0.15) is 29.2 Å². The minimum atomic E-state index is -3.26. The third-order valence-corrected chi connectivity index (χ3v) is 7.27. The molecule has 2 aliphatic heterocycles. The molecule has 3 rings (SSSR count). The lowest BCUT2D eigenvalue weighted by atomic mass is 9.98. The zero-order valence-electron chi connectivity index (χ0n) is 11.9. The monoisotopic (exact) mass is 319 g/mol. The molecular formula is C13H25N3O2S2. The molecule has 20 heavy (non-hydrogen) atoms. The molecule has 0 bridgehead atoms. The van der Waals surface area contributed by atoms with E-state index in [0.717, 1.165) is 43.4 Å². The maximum absolute atomic E-state index is 12.3. The quantitative estimate of drug-likeness (QED) is 0.760. The molecule has 1 atom stereocenters. The topological polar surface area (TPSA) is 61.4 Å². The number of hydrogen-bond donors (Lipinski definition) is 2. The van der Waals surface area contributed by atoms with Crippen LogP contribution >= 0.6 is 11.8 Å². The average molecular weight is 319 g/mol. The minimum Gasteiger partial charge on any atom is -0.314 e. The third-order valence-electron chi connectivity index (χ3n) is 4.43. The Hall–Kier alpha value is 0.180. The Morgan fingerprint density at radius 3 is 2.40 bits per heavy atom. The average Bonchev–Trinajstić information content (AvgIpc) is 3.14. The van der Waals surface area contributed by atoms with Gasteiger partial charge in [-0.3, -0.25) is 0 Å². The molecule has 0 spiro atoms. The first-order chi connectivity index (χ1) is 9.63. The maximum Gasteiger partial charge on any atom is 0.279 e. The van der Waals surface area contributed by atoms with Crippen LogP contribution in [0.4, 0.5) is 0 Å². The van der Waals surface area contributed by atoms with Gasteiger partial charge in [0.15, 0.2) is 0 Å². The van der Waals surface area contributed by atoms with Crippen LogP contribution in [0, 0.1) is 5.92 Å². The third kappa shape index (κ3) is 4.10. The van der Waals surface area contributed by atoms with Crippen LogP contribution in [-0.2, 0) is 10.2 Å². The van der Waals surface area contributed by atoms with Crippen molar-refractivity contribution in [2.24, 2.45) is 5.92 Å². The number of piperidine rings is 1. The van der Waals surface area contributed by atoms with E-state index in [1.165, 1.54) is 12.8 Å². The lowest BCUT2D eigenvalue weighted by molar-refractivity contribution is 0.263. The van der Waals surface area contributed by atoms with Gasteiger partial charge in [-0.1, -0.05) is 0 Å². The standard InChI is InChI=1S/C13H25N3O2S2/c17-20(18,15-13-5-8-19-10-13)16-6-3-11(4-7-16)9-14-12-1-2-12/h11-15H,1-10H2. The van der Waals surface area contributed by atoms with Gasteiger partial charge in [-0.15, -0.1) is 0 Å². The van der Waals surface area contributed by atoms with Crippen LogP contribution in [0.15, 0.2) is 0 Å².